The highest BCUT2D eigenvalue weighted by molar-refractivity contribution is 5.80. The Labute approximate surface area is 121 Å². The summed E-state index contributed by atoms with van der Waals surface area (Å²) in [5, 5.41) is 6.74. The molecule has 0 aliphatic heterocycles. The number of methoxy groups -OCH3 is 1. The standard InChI is InChI=1S/C13H20F3N3O2/c1-9(2)18-12(3,11(20)21-4)5-6-19-8-10(7-17-19)13(14,15)16/h7-9,18H,5-6H2,1-4H3. The molecule has 0 aromatic carbocycles. The van der Waals surface area contributed by atoms with Gasteiger partial charge in [-0.2, -0.15) is 18.3 Å². The third-order valence-corrected chi connectivity index (χ3v) is 3.04. The third kappa shape index (κ3) is 4.73. The first kappa shape index (κ1) is 17.5. The molecule has 1 aromatic rings. The van der Waals surface area contributed by atoms with E-state index in [9.17, 15) is 18.0 Å². The van der Waals surface area contributed by atoms with Crippen molar-refractivity contribution >= 4 is 5.97 Å². The summed E-state index contributed by atoms with van der Waals surface area (Å²) < 4.78 is 43.4. The Balaban J connectivity index is 2.78. The lowest BCUT2D eigenvalue weighted by Crippen LogP contribution is -2.53. The highest BCUT2D eigenvalue weighted by atomic mass is 19.4. The summed E-state index contributed by atoms with van der Waals surface area (Å²) in [4.78, 5) is 11.9. The zero-order chi connectivity index (χ0) is 16.3. The Morgan fingerprint density at radius 2 is 2.10 bits per heavy atom. The Morgan fingerprint density at radius 3 is 2.52 bits per heavy atom. The number of hydrogen-bond donors (Lipinski definition) is 1. The maximum atomic E-state index is 12.5. The fourth-order valence-electron chi connectivity index (χ4n) is 2.07. The van der Waals surface area contributed by atoms with E-state index in [1.807, 2.05) is 13.8 Å². The van der Waals surface area contributed by atoms with Crippen molar-refractivity contribution in [3.8, 4) is 0 Å². The number of esters is 1. The number of nitrogens with zero attached hydrogens (tertiary/aromatic N) is 2. The third-order valence-electron chi connectivity index (χ3n) is 3.04. The van der Waals surface area contributed by atoms with Crippen LogP contribution < -0.4 is 5.32 Å². The van der Waals surface area contributed by atoms with Crippen LogP contribution in [-0.4, -0.2) is 34.4 Å². The molecule has 21 heavy (non-hydrogen) atoms. The molecule has 1 heterocycles. The van der Waals surface area contributed by atoms with Crippen molar-refractivity contribution in [1.82, 2.24) is 15.1 Å². The van der Waals surface area contributed by atoms with Crippen LogP contribution in [-0.2, 0) is 22.3 Å². The number of carbonyl (C=O) groups excluding carboxylic acids is 1. The van der Waals surface area contributed by atoms with E-state index in [0.29, 0.717) is 0 Å². The van der Waals surface area contributed by atoms with E-state index in [4.69, 9.17) is 4.74 Å². The van der Waals surface area contributed by atoms with Gasteiger partial charge in [0.05, 0.1) is 18.9 Å². The highest BCUT2D eigenvalue weighted by Crippen LogP contribution is 2.28. The van der Waals surface area contributed by atoms with Gasteiger partial charge in [0.1, 0.15) is 5.54 Å². The SMILES string of the molecule is COC(=O)C(C)(CCn1cc(C(F)(F)F)cn1)NC(C)C. The molecule has 120 valence electrons. The lowest BCUT2D eigenvalue weighted by molar-refractivity contribution is -0.148. The minimum atomic E-state index is -4.42. The number of rotatable bonds is 6. The fraction of sp³-hybridized carbons (Fsp3) is 0.692. The van der Waals surface area contributed by atoms with Gasteiger partial charge in [-0.1, -0.05) is 0 Å². The van der Waals surface area contributed by atoms with Gasteiger partial charge < -0.3 is 4.74 Å². The maximum Gasteiger partial charge on any atom is 0.419 e. The average Bonchev–Trinajstić information content (AvgIpc) is 2.83. The average molecular weight is 307 g/mol. The number of halogens is 3. The van der Waals surface area contributed by atoms with Crippen molar-refractivity contribution in [2.24, 2.45) is 0 Å². The van der Waals surface area contributed by atoms with Gasteiger partial charge in [0, 0.05) is 18.8 Å². The van der Waals surface area contributed by atoms with Gasteiger partial charge in [-0.05, 0) is 27.2 Å². The minimum absolute atomic E-state index is 0.0254. The van der Waals surface area contributed by atoms with Crippen molar-refractivity contribution in [2.75, 3.05) is 7.11 Å². The first-order valence-corrected chi connectivity index (χ1v) is 6.54. The quantitative estimate of drug-likeness (QED) is 0.819. The molecule has 1 aromatic heterocycles. The van der Waals surface area contributed by atoms with E-state index in [1.54, 1.807) is 6.92 Å². The van der Waals surface area contributed by atoms with Gasteiger partial charge in [0.15, 0.2) is 0 Å². The lowest BCUT2D eigenvalue weighted by atomic mass is 9.97. The summed E-state index contributed by atoms with van der Waals surface area (Å²) in [6.45, 7) is 5.57. The number of carbonyl (C=O) groups is 1. The number of nitrogens with one attached hydrogen (secondary N) is 1. The first-order valence-electron chi connectivity index (χ1n) is 6.54. The molecule has 0 aliphatic rings. The van der Waals surface area contributed by atoms with Crippen molar-refractivity contribution in [2.45, 2.75) is 51.5 Å². The normalized spacial score (nSPS) is 15.0. The van der Waals surface area contributed by atoms with Crippen LogP contribution in [0.25, 0.3) is 0 Å². The second-order valence-electron chi connectivity index (χ2n) is 5.36. The minimum Gasteiger partial charge on any atom is -0.468 e. The number of alkyl halides is 3. The topological polar surface area (TPSA) is 56.2 Å². The molecule has 1 atom stereocenters. The number of hydrogen-bond acceptors (Lipinski definition) is 4. The second kappa shape index (κ2) is 6.46. The molecule has 1 unspecified atom stereocenters. The smallest absolute Gasteiger partial charge is 0.419 e. The molecule has 8 heteroatoms. The van der Waals surface area contributed by atoms with Crippen LogP contribution >= 0.6 is 0 Å². The number of aryl methyl sites for hydroxylation is 1. The molecular formula is C13H20F3N3O2. The molecule has 0 bridgehead atoms. The Bertz CT molecular complexity index is 485. The molecule has 5 nitrogen and oxygen atoms in total. The van der Waals surface area contributed by atoms with Gasteiger partial charge in [-0.15, -0.1) is 0 Å². The van der Waals surface area contributed by atoms with Crippen LogP contribution in [0.5, 0.6) is 0 Å². The summed E-state index contributed by atoms with van der Waals surface area (Å²) in [5.74, 6) is -0.459. The van der Waals surface area contributed by atoms with Crippen molar-refractivity contribution in [1.29, 1.82) is 0 Å². The summed E-state index contributed by atoms with van der Waals surface area (Å²) in [6, 6.07) is 0.0254. The van der Waals surface area contributed by atoms with Crippen molar-refractivity contribution < 1.29 is 22.7 Å². The second-order valence-corrected chi connectivity index (χ2v) is 5.36. The predicted molar refractivity (Wildman–Crippen MR) is 70.5 cm³/mol. The molecule has 0 saturated carbocycles. The first-order chi connectivity index (χ1) is 9.58. The molecule has 0 radical (unpaired) electrons. The van der Waals surface area contributed by atoms with Gasteiger partial charge in [0.25, 0.3) is 0 Å². The Hall–Kier alpha value is -1.57. The van der Waals surface area contributed by atoms with Crippen LogP contribution in [0.3, 0.4) is 0 Å². The maximum absolute atomic E-state index is 12.5. The van der Waals surface area contributed by atoms with Gasteiger partial charge in [-0.25, -0.2) is 0 Å². The van der Waals surface area contributed by atoms with Gasteiger partial charge in [-0.3, -0.25) is 14.8 Å². The molecule has 0 spiro atoms. The van der Waals surface area contributed by atoms with E-state index in [2.05, 4.69) is 10.4 Å². The monoisotopic (exact) mass is 307 g/mol. The zero-order valence-electron chi connectivity index (χ0n) is 12.5. The summed E-state index contributed by atoms with van der Waals surface area (Å²) in [5.41, 5.74) is -1.79. The van der Waals surface area contributed by atoms with E-state index < -0.39 is 23.2 Å². The number of aromatic nitrogens is 2. The van der Waals surface area contributed by atoms with E-state index in [1.165, 1.54) is 11.8 Å². The molecule has 0 aliphatic carbocycles. The van der Waals surface area contributed by atoms with Crippen LogP contribution in [0.2, 0.25) is 0 Å². The van der Waals surface area contributed by atoms with E-state index in [0.717, 1.165) is 12.4 Å². The van der Waals surface area contributed by atoms with Crippen molar-refractivity contribution in [3.63, 3.8) is 0 Å². The van der Waals surface area contributed by atoms with E-state index >= 15 is 0 Å². The van der Waals surface area contributed by atoms with E-state index in [-0.39, 0.29) is 19.0 Å². The van der Waals surface area contributed by atoms with Gasteiger partial charge >= 0.3 is 12.1 Å². The summed E-state index contributed by atoms with van der Waals surface area (Å²) in [6.07, 6.45) is -2.46. The molecule has 0 amide bonds. The summed E-state index contributed by atoms with van der Waals surface area (Å²) in [7, 11) is 1.28. The molecule has 0 fully saturated rings. The summed E-state index contributed by atoms with van der Waals surface area (Å²) >= 11 is 0. The van der Waals surface area contributed by atoms with Crippen LogP contribution in [0.4, 0.5) is 13.2 Å². The van der Waals surface area contributed by atoms with Crippen LogP contribution in [0, 0.1) is 0 Å². The Morgan fingerprint density at radius 1 is 1.48 bits per heavy atom. The lowest BCUT2D eigenvalue weighted by Gasteiger charge is -2.30. The fourth-order valence-corrected chi connectivity index (χ4v) is 2.07. The van der Waals surface area contributed by atoms with Crippen LogP contribution in [0.1, 0.15) is 32.8 Å². The number of ether oxygens (including phenoxy) is 1. The predicted octanol–water partition coefficient (Wildman–Crippen LogP) is 2.22. The highest BCUT2D eigenvalue weighted by Gasteiger charge is 2.35. The largest absolute Gasteiger partial charge is 0.468 e. The Kier molecular flexibility index (Phi) is 5.38. The molecular weight excluding hydrogens is 287 g/mol. The zero-order valence-corrected chi connectivity index (χ0v) is 12.5. The van der Waals surface area contributed by atoms with Crippen LogP contribution in [0.15, 0.2) is 12.4 Å². The molecule has 1 rings (SSSR count). The molecule has 1 N–H and O–H groups in total. The van der Waals surface area contributed by atoms with Crippen molar-refractivity contribution in [3.05, 3.63) is 18.0 Å². The van der Waals surface area contributed by atoms with Gasteiger partial charge in [0.2, 0.25) is 0 Å². The molecule has 0 saturated heterocycles.